The molecule has 1 saturated carbocycles. The highest BCUT2D eigenvalue weighted by Gasteiger charge is 2.23. The third-order valence-corrected chi connectivity index (χ3v) is 3.83. The van der Waals surface area contributed by atoms with Crippen molar-refractivity contribution in [2.24, 2.45) is 5.92 Å². The van der Waals surface area contributed by atoms with Gasteiger partial charge in [0.05, 0.1) is 11.5 Å². The zero-order valence-corrected chi connectivity index (χ0v) is 10.8. The summed E-state index contributed by atoms with van der Waals surface area (Å²) in [5.41, 5.74) is 0.676. The zero-order valence-electron chi connectivity index (χ0n) is 10.8. The predicted octanol–water partition coefficient (Wildman–Crippen LogP) is 1.99. The standard InChI is InChI=1S/C14H18N4O/c19-12(10-4-1-2-5-10)8-16-14-11-6-3-7-15-13(11)17-9-18-14/h3,6-7,9-10,12,19H,1-2,4-5,8H2,(H,15,16,17,18). The first-order valence-corrected chi connectivity index (χ1v) is 6.82. The fourth-order valence-electron chi connectivity index (χ4n) is 2.75. The molecule has 2 aromatic rings. The molecule has 2 heterocycles. The van der Waals surface area contributed by atoms with Gasteiger partial charge in [-0.1, -0.05) is 12.8 Å². The summed E-state index contributed by atoms with van der Waals surface area (Å²) in [4.78, 5) is 12.5. The highest BCUT2D eigenvalue weighted by Crippen LogP contribution is 2.28. The quantitative estimate of drug-likeness (QED) is 0.877. The summed E-state index contributed by atoms with van der Waals surface area (Å²) in [5, 5.41) is 14.3. The number of rotatable bonds is 4. The van der Waals surface area contributed by atoms with Crippen molar-refractivity contribution in [3.05, 3.63) is 24.7 Å². The molecule has 19 heavy (non-hydrogen) atoms. The Balaban J connectivity index is 1.71. The van der Waals surface area contributed by atoms with Crippen LogP contribution in [0.4, 0.5) is 5.82 Å². The van der Waals surface area contributed by atoms with E-state index in [1.807, 2.05) is 12.1 Å². The number of pyridine rings is 1. The second-order valence-corrected chi connectivity index (χ2v) is 5.09. The van der Waals surface area contributed by atoms with E-state index in [1.165, 1.54) is 19.2 Å². The molecule has 5 heteroatoms. The maximum Gasteiger partial charge on any atom is 0.164 e. The molecule has 3 rings (SSSR count). The minimum absolute atomic E-state index is 0.302. The third-order valence-electron chi connectivity index (χ3n) is 3.83. The predicted molar refractivity (Wildman–Crippen MR) is 73.8 cm³/mol. The fraction of sp³-hybridized carbons (Fsp3) is 0.500. The summed E-state index contributed by atoms with van der Waals surface area (Å²) < 4.78 is 0. The number of aliphatic hydroxyl groups excluding tert-OH is 1. The Morgan fingerprint density at radius 3 is 2.95 bits per heavy atom. The molecule has 0 radical (unpaired) electrons. The number of hydrogen-bond donors (Lipinski definition) is 2. The van der Waals surface area contributed by atoms with Crippen LogP contribution in [0, 0.1) is 5.92 Å². The number of hydrogen-bond acceptors (Lipinski definition) is 5. The van der Waals surface area contributed by atoms with Gasteiger partial charge >= 0.3 is 0 Å². The zero-order chi connectivity index (χ0) is 13.1. The van der Waals surface area contributed by atoms with Crippen LogP contribution in [0.25, 0.3) is 11.0 Å². The second-order valence-electron chi connectivity index (χ2n) is 5.09. The molecule has 1 aliphatic carbocycles. The van der Waals surface area contributed by atoms with Gasteiger partial charge in [-0.3, -0.25) is 0 Å². The maximum absolute atomic E-state index is 10.2. The largest absolute Gasteiger partial charge is 0.391 e. The van der Waals surface area contributed by atoms with Crippen molar-refractivity contribution in [3.63, 3.8) is 0 Å². The van der Waals surface area contributed by atoms with Crippen LogP contribution in [-0.4, -0.2) is 32.7 Å². The Labute approximate surface area is 112 Å². The summed E-state index contributed by atoms with van der Waals surface area (Å²) in [6, 6.07) is 3.80. The minimum Gasteiger partial charge on any atom is -0.391 e. The Morgan fingerprint density at radius 1 is 1.26 bits per heavy atom. The van der Waals surface area contributed by atoms with E-state index in [2.05, 4.69) is 20.3 Å². The molecule has 0 aromatic carbocycles. The first-order chi connectivity index (χ1) is 9.34. The lowest BCUT2D eigenvalue weighted by atomic mass is 10.0. The number of fused-ring (bicyclic) bond motifs is 1. The van der Waals surface area contributed by atoms with Crippen LogP contribution in [0.1, 0.15) is 25.7 Å². The van der Waals surface area contributed by atoms with E-state index < -0.39 is 0 Å². The van der Waals surface area contributed by atoms with Crippen LogP contribution in [0.5, 0.6) is 0 Å². The second kappa shape index (κ2) is 5.48. The molecule has 0 saturated heterocycles. The first kappa shape index (κ1) is 12.3. The molecule has 0 spiro atoms. The van der Waals surface area contributed by atoms with E-state index in [-0.39, 0.29) is 6.10 Å². The number of nitrogens with one attached hydrogen (secondary N) is 1. The third kappa shape index (κ3) is 2.66. The molecular weight excluding hydrogens is 240 g/mol. The van der Waals surface area contributed by atoms with Gasteiger partial charge in [0, 0.05) is 12.7 Å². The Morgan fingerprint density at radius 2 is 2.11 bits per heavy atom. The van der Waals surface area contributed by atoms with Gasteiger partial charge in [0.1, 0.15) is 12.1 Å². The summed E-state index contributed by atoms with van der Waals surface area (Å²) in [6.45, 7) is 0.533. The van der Waals surface area contributed by atoms with Gasteiger partial charge in [-0.15, -0.1) is 0 Å². The van der Waals surface area contributed by atoms with Crippen molar-refractivity contribution in [1.29, 1.82) is 0 Å². The van der Waals surface area contributed by atoms with Crippen molar-refractivity contribution in [3.8, 4) is 0 Å². The molecule has 1 unspecified atom stereocenters. The lowest BCUT2D eigenvalue weighted by molar-refractivity contribution is 0.123. The van der Waals surface area contributed by atoms with Crippen LogP contribution in [0.3, 0.4) is 0 Å². The molecular formula is C14H18N4O. The van der Waals surface area contributed by atoms with Crippen LogP contribution in [0.2, 0.25) is 0 Å². The van der Waals surface area contributed by atoms with E-state index in [1.54, 1.807) is 6.20 Å². The van der Waals surface area contributed by atoms with E-state index in [0.29, 0.717) is 18.1 Å². The Kier molecular flexibility index (Phi) is 3.55. The molecule has 5 nitrogen and oxygen atoms in total. The number of aliphatic hydroxyl groups is 1. The molecule has 1 aliphatic rings. The summed E-state index contributed by atoms with van der Waals surface area (Å²) in [6.07, 6.45) is 7.66. The number of anilines is 1. The van der Waals surface area contributed by atoms with Gasteiger partial charge in [0.15, 0.2) is 5.65 Å². The van der Waals surface area contributed by atoms with Crippen molar-refractivity contribution in [1.82, 2.24) is 15.0 Å². The highest BCUT2D eigenvalue weighted by atomic mass is 16.3. The first-order valence-electron chi connectivity index (χ1n) is 6.82. The maximum atomic E-state index is 10.2. The van der Waals surface area contributed by atoms with Crippen molar-refractivity contribution in [2.45, 2.75) is 31.8 Å². The van der Waals surface area contributed by atoms with Crippen LogP contribution < -0.4 is 5.32 Å². The van der Waals surface area contributed by atoms with Crippen LogP contribution >= 0.6 is 0 Å². The van der Waals surface area contributed by atoms with Gasteiger partial charge in [-0.2, -0.15) is 0 Å². The molecule has 2 N–H and O–H groups in total. The van der Waals surface area contributed by atoms with E-state index in [4.69, 9.17) is 0 Å². The normalized spacial score (nSPS) is 17.7. The monoisotopic (exact) mass is 258 g/mol. The van der Waals surface area contributed by atoms with Gasteiger partial charge in [-0.25, -0.2) is 15.0 Å². The summed E-state index contributed by atoms with van der Waals surface area (Å²) in [7, 11) is 0. The summed E-state index contributed by atoms with van der Waals surface area (Å²) in [5.74, 6) is 1.17. The SMILES string of the molecule is OC(CNc1ncnc2ncccc12)C1CCCC1. The molecule has 0 aliphatic heterocycles. The average molecular weight is 258 g/mol. The average Bonchev–Trinajstić information content (AvgIpc) is 2.99. The minimum atomic E-state index is -0.302. The van der Waals surface area contributed by atoms with Crippen molar-refractivity contribution < 1.29 is 5.11 Å². The topological polar surface area (TPSA) is 70.9 Å². The smallest absolute Gasteiger partial charge is 0.164 e. The lowest BCUT2D eigenvalue weighted by Crippen LogP contribution is -2.27. The van der Waals surface area contributed by atoms with Gasteiger partial charge in [0.25, 0.3) is 0 Å². The highest BCUT2D eigenvalue weighted by molar-refractivity contribution is 5.85. The molecule has 1 fully saturated rings. The number of nitrogens with zero attached hydrogens (tertiary/aromatic N) is 3. The lowest BCUT2D eigenvalue weighted by Gasteiger charge is -2.18. The van der Waals surface area contributed by atoms with Gasteiger partial charge in [0.2, 0.25) is 0 Å². The molecule has 0 bridgehead atoms. The number of aromatic nitrogens is 3. The molecule has 1 atom stereocenters. The van der Waals surface area contributed by atoms with E-state index >= 15 is 0 Å². The van der Waals surface area contributed by atoms with E-state index in [9.17, 15) is 5.11 Å². The van der Waals surface area contributed by atoms with Crippen LogP contribution in [-0.2, 0) is 0 Å². The fourth-order valence-corrected chi connectivity index (χ4v) is 2.75. The Hall–Kier alpha value is -1.75. The van der Waals surface area contributed by atoms with Gasteiger partial charge < -0.3 is 10.4 Å². The van der Waals surface area contributed by atoms with E-state index in [0.717, 1.165) is 24.0 Å². The Bertz CT molecular complexity index is 549. The molecule has 0 amide bonds. The van der Waals surface area contributed by atoms with Gasteiger partial charge in [-0.05, 0) is 30.9 Å². The molecule has 2 aromatic heterocycles. The van der Waals surface area contributed by atoms with Crippen LogP contribution in [0.15, 0.2) is 24.7 Å². The summed E-state index contributed by atoms with van der Waals surface area (Å²) >= 11 is 0. The molecule has 100 valence electrons. The van der Waals surface area contributed by atoms with Crippen molar-refractivity contribution >= 4 is 16.9 Å². The van der Waals surface area contributed by atoms with Crippen molar-refractivity contribution in [2.75, 3.05) is 11.9 Å².